The lowest BCUT2D eigenvalue weighted by Gasteiger charge is -2.33. The summed E-state index contributed by atoms with van der Waals surface area (Å²) >= 11 is 0. The molecule has 0 aliphatic carbocycles. The van der Waals surface area contributed by atoms with E-state index in [2.05, 4.69) is 20.0 Å². The maximum Gasteiger partial charge on any atom is 0.264 e. The highest BCUT2D eigenvalue weighted by molar-refractivity contribution is 7.92. The summed E-state index contributed by atoms with van der Waals surface area (Å²) in [5.74, 6) is -0.412. The van der Waals surface area contributed by atoms with E-state index in [0.29, 0.717) is 12.1 Å². The molecule has 0 unspecified atom stereocenters. The number of fused-ring (bicyclic) bond motifs is 4. The van der Waals surface area contributed by atoms with Crippen LogP contribution in [0.3, 0.4) is 0 Å². The van der Waals surface area contributed by atoms with Gasteiger partial charge >= 0.3 is 0 Å². The number of anilines is 1. The van der Waals surface area contributed by atoms with Gasteiger partial charge in [0.05, 0.1) is 23.3 Å². The Balaban J connectivity index is 1.88. The number of benzene rings is 2. The van der Waals surface area contributed by atoms with E-state index in [1.165, 1.54) is 23.1 Å². The molecule has 4 rings (SSSR count). The van der Waals surface area contributed by atoms with Gasteiger partial charge in [0.1, 0.15) is 6.61 Å². The van der Waals surface area contributed by atoms with Crippen LogP contribution in [0.15, 0.2) is 53.4 Å². The first-order valence-electron chi connectivity index (χ1n) is 13.3. The molecule has 2 aromatic carbocycles. The Morgan fingerprint density at radius 3 is 2.50 bits per heavy atom. The average molecular weight is 566 g/mol. The number of amides is 2. The number of hydrogen-bond acceptors (Lipinski definition) is 7. The zero-order chi connectivity index (χ0) is 29.0. The standard InChI is InChI=1S/C29H35N5O5S/c1-6-25(35)30-17-34-22(13-18(2)3)16-39-26-15-24(27-19(4)9-7-10-20(27)5)31-29(32-26)33-40(37,38)23-12-8-11-21(14-23)28(34)36/h7-12,14-15,18,22H,6,13,16-17H2,1-5H3,(H,30,35)(H,31,32,33)/t22-/m1/s1. The zero-order valence-corrected chi connectivity index (χ0v) is 24.2. The van der Waals surface area contributed by atoms with Crippen molar-refractivity contribution >= 4 is 27.8 Å². The molecule has 0 spiro atoms. The van der Waals surface area contributed by atoms with Gasteiger partial charge in [-0.05, 0) is 55.5 Å². The van der Waals surface area contributed by atoms with Gasteiger partial charge in [0.15, 0.2) is 0 Å². The Labute approximate surface area is 235 Å². The van der Waals surface area contributed by atoms with E-state index < -0.39 is 22.0 Å². The Kier molecular flexibility index (Phi) is 8.73. The summed E-state index contributed by atoms with van der Waals surface area (Å²) in [5, 5.41) is 2.79. The lowest BCUT2D eigenvalue weighted by molar-refractivity contribution is -0.121. The predicted molar refractivity (Wildman–Crippen MR) is 152 cm³/mol. The molecule has 0 radical (unpaired) electrons. The number of rotatable bonds is 6. The van der Waals surface area contributed by atoms with E-state index in [0.717, 1.165) is 16.7 Å². The number of carbonyl (C=O) groups is 2. The third kappa shape index (κ3) is 6.59. The van der Waals surface area contributed by atoms with Gasteiger partial charge in [0, 0.05) is 23.6 Å². The molecular formula is C29H35N5O5S. The van der Waals surface area contributed by atoms with Crippen molar-refractivity contribution in [3.8, 4) is 17.1 Å². The molecule has 1 aliphatic rings. The van der Waals surface area contributed by atoms with Crippen LogP contribution in [-0.2, 0) is 14.8 Å². The molecule has 1 atom stereocenters. The van der Waals surface area contributed by atoms with Crippen molar-refractivity contribution < 1.29 is 22.7 Å². The van der Waals surface area contributed by atoms with Gasteiger partial charge in [0.2, 0.25) is 17.7 Å². The van der Waals surface area contributed by atoms with Crippen molar-refractivity contribution in [3.63, 3.8) is 0 Å². The van der Waals surface area contributed by atoms with Gasteiger partial charge < -0.3 is 15.0 Å². The second kappa shape index (κ2) is 12.0. The first-order chi connectivity index (χ1) is 19.0. The summed E-state index contributed by atoms with van der Waals surface area (Å²) in [6.45, 7) is 9.73. The Morgan fingerprint density at radius 2 is 1.82 bits per heavy atom. The number of nitrogens with one attached hydrogen (secondary N) is 2. The fourth-order valence-electron chi connectivity index (χ4n) is 4.71. The minimum Gasteiger partial charge on any atom is -0.475 e. The summed E-state index contributed by atoms with van der Waals surface area (Å²) in [7, 11) is -4.15. The monoisotopic (exact) mass is 565 g/mol. The summed E-state index contributed by atoms with van der Waals surface area (Å²) in [4.78, 5) is 36.2. The van der Waals surface area contributed by atoms with Crippen molar-refractivity contribution in [2.45, 2.75) is 58.4 Å². The fourth-order valence-corrected chi connectivity index (χ4v) is 5.70. The van der Waals surface area contributed by atoms with Gasteiger partial charge in [-0.2, -0.15) is 4.98 Å². The quantitative estimate of drug-likeness (QED) is 0.456. The van der Waals surface area contributed by atoms with Crippen LogP contribution in [0.5, 0.6) is 5.88 Å². The Hall–Kier alpha value is -3.99. The van der Waals surface area contributed by atoms with Gasteiger partial charge in [-0.3, -0.25) is 9.59 Å². The van der Waals surface area contributed by atoms with E-state index in [4.69, 9.17) is 4.74 Å². The number of aromatic nitrogens is 2. The first kappa shape index (κ1) is 29.0. The lowest BCUT2D eigenvalue weighted by atomic mass is 10.00. The van der Waals surface area contributed by atoms with Crippen LogP contribution < -0.4 is 14.8 Å². The summed E-state index contributed by atoms with van der Waals surface area (Å²) in [6.07, 6.45) is 0.837. The number of carbonyl (C=O) groups excluding carboxylic acids is 2. The van der Waals surface area contributed by atoms with Crippen molar-refractivity contribution in [1.29, 1.82) is 0 Å². The highest BCUT2D eigenvalue weighted by atomic mass is 32.2. The summed E-state index contributed by atoms with van der Waals surface area (Å²) in [5.41, 5.74) is 3.45. The maximum atomic E-state index is 13.8. The van der Waals surface area contributed by atoms with Crippen LogP contribution >= 0.6 is 0 Å². The van der Waals surface area contributed by atoms with Crippen LogP contribution in [0, 0.1) is 19.8 Å². The van der Waals surface area contributed by atoms with Gasteiger partial charge in [-0.1, -0.05) is 45.0 Å². The normalized spacial score (nSPS) is 16.7. The highest BCUT2D eigenvalue weighted by Crippen LogP contribution is 2.30. The van der Waals surface area contributed by atoms with Crippen molar-refractivity contribution in [2.24, 2.45) is 5.92 Å². The minimum atomic E-state index is -4.15. The fraction of sp³-hybridized carbons (Fsp3) is 0.379. The van der Waals surface area contributed by atoms with Gasteiger partial charge in [-0.25, -0.2) is 18.1 Å². The largest absolute Gasteiger partial charge is 0.475 e. The summed E-state index contributed by atoms with van der Waals surface area (Å²) < 4.78 is 35.4. The van der Waals surface area contributed by atoms with E-state index in [-0.39, 0.29) is 53.8 Å². The second-order valence-corrected chi connectivity index (χ2v) is 12.0. The molecular weight excluding hydrogens is 530 g/mol. The van der Waals surface area contributed by atoms with Gasteiger partial charge in [-0.15, -0.1) is 0 Å². The molecule has 0 saturated carbocycles. The minimum absolute atomic E-state index is 0.0514. The topological polar surface area (TPSA) is 131 Å². The molecule has 1 aliphatic heterocycles. The zero-order valence-electron chi connectivity index (χ0n) is 23.4. The number of aryl methyl sites for hydroxylation is 2. The highest BCUT2D eigenvalue weighted by Gasteiger charge is 2.29. The van der Waals surface area contributed by atoms with E-state index in [1.807, 2.05) is 45.9 Å². The molecule has 0 saturated heterocycles. The maximum absolute atomic E-state index is 13.8. The SMILES string of the molecule is CCC(=O)NCN1C(=O)c2cccc(c2)S(=O)(=O)Nc2nc(cc(-c3c(C)cccc3C)n2)OC[C@H]1CC(C)C. The lowest BCUT2D eigenvalue weighted by Crippen LogP contribution is -2.49. The molecule has 2 heterocycles. The van der Waals surface area contributed by atoms with E-state index >= 15 is 0 Å². The van der Waals surface area contributed by atoms with Crippen LogP contribution in [0.2, 0.25) is 0 Å². The Bertz CT molecular complexity index is 1500. The molecule has 2 amide bonds. The van der Waals surface area contributed by atoms with Crippen molar-refractivity contribution in [1.82, 2.24) is 20.2 Å². The molecule has 11 heteroatoms. The van der Waals surface area contributed by atoms with Crippen LogP contribution in [0.25, 0.3) is 11.3 Å². The number of nitrogens with zero attached hydrogens (tertiary/aromatic N) is 3. The third-order valence-corrected chi connectivity index (χ3v) is 8.02. The van der Waals surface area contributed by atoms with Crippen molar-refractivity contribution in [2.75, 3.05) is 18.0 Å². The van der Waals surface area contributed by atoms with E-state index in [9.17, 15) is 18.0 Å². The van der Waals surface area contributed by atoms with Crippen molar-refractivity contribution in [3.05, 3.63) is 65.2 Å². The Morgan fingerprint density at radius 1 is 1.12 bits per heavy atom. The van der Waals surface area contributed by atoms with Crippen LogP contribution in [0.1, 0.15) is 55.1 Å². The molecule has 40 heavy (non-hydrogen) atoms. The van der Waals surface area contributed by atoms with Crippen LogP contribution in [-0.4, -0.2) is 54.4 Å². The second-order valence-electron chi connectivity index (χ2n) is 10.3. The smallest absolute Gasteiger partial charge is 0.264 e. The van der Waals surface area contributed by atoms with Gasteiger partial charge in [0.25, 0.3) is 15.9 Å². The molecule has 0 fully saturated rings. The summed E-state index contributed by atoms with van der Waals surface area (Å²) in [6, 6.07) is 12.9. The predicted octanol–water partition coefficient (Wildman–Crippen LogP) is 4.29. The molecule has 3 aromatic rings. The molecule has 4 bridgehead atoms. The molecule has 10 nitrogen and oxygen atoms in total. The molecule has 1 aromatic heterocycles. The number of sulfonamides is 1. The van der Waals surface area contributed by atoms with E-state index in [1.54, 1.807) is 19.1 Å². The number of hydrogen-bond donors (Lipinski definition) is 2. The number of ether oxygens (including phenoxy) is 1. The third-order valence-electron chi connectivity index (χ3n) is 6.69. The average Bonchev–Trinajstić information content (AvgIpc) is 2.90. The molecule has 212 valence electrons. The van der Waals surface area contributed by atoms with Crippen LogP contribution in [0.4, 0.5) is 5.95 Å². The first-order valence-corrected chi connectivity index (χ1v) is 14.8. The molecule has 2 N–H and O–H groups in total.